The van der Waals surface area contributed by atoms with Crippen molar-refractivity contribution in [2.24, 2.45) is 5.92 Å². The molecule has 3 nitrogen and oxygen atoms in total. The Morgan fingerprint density at radius 2 is 1.68 bits per heavy atom. The minimum Gasteiger partial charge on any atom is -0.274 e. The molecule has 2 aromatic carbocycles. The lowest BCUT2D eigenvalue weighted by atomic mass is 9.97. The number of amides is 2. The van der Waals surface area contributed by atoms with Gasteiger partial charge < -0.3 is 0 Å². The van der Waals surface area contributed by atoms with E-state index in [1.165, 1.54) is 16.0 Å². The highest BCUT2D eigenvalue weighted by molar-refractivity contribution is 6.20. The van der Waals surface area contributed by atoms with Gasteiger partial charge in [0.1, 0.15) is 0 Å². The average molecular weight is 293 g/mol. The van der Waals surface area contributed by atoms with Crippen molar-refractivity contribution >= 4 is 17.5 Å². The number of carbonyl (C=O) groups excluding carboxylic acids is 2. The Hall–Kier alpha value is -2.42. The molecule has 0 N–H and O–H groups in total. The SMILES string of the molecule is Cc1ccc(CC[C@@H]2CC(=O)N(c3ccccc3)C2=O)cc1. The summed E-state index contributed by atoms with van der Waals surface area (Å²) in [7, 11) is 0. The Balaban J connectivity index is 1.68. The monoisotopic (exact) mass is 293 g/mol. The zero-order valence-electron chi connectivity index (χ0n) is 12.7. The Morgan fingerprint density at radius 1 is 1.00 bits per heavy atom. The zero-order chi connectivity index (χ0) is 15.5. The second-order valence-electron chi connectivity index (χ2n) is 5.83. The maximum Gasteiger partial charge on any atom is 0.237 e. The highest BCUT2D eigenvalue weighted by atomic mass is 16.2. The molecule has 0 spiro atoms. The molecule has 0 bridgehead atoms. The summed E-state index contributed by atoms with van der Waals surface area (Å²) in [5.74, 6) is -0.359. The lowest BCUT2D eigenvalue weighted by Crippen LogP contribution is -2.30. The van der Waals surface area contributed by atoms with Gasteiger partial charge in [-0.3, -0.25) is 14.5 Å². The summed E-state index contributed by atoms with van der Waals surface area (Å²) < 4.78 is 0. The number of para-hydroxylation sites is 1. The number of hydrogen-bond donors (Lipinski definition) is 0. The second-order valence-corrected chi connectivity index (χ2v) is 5.83. The molecule has 1 atom stereocenters. The molecule has 2 aromatic rings. The summed E-state index contributed by atoms with van der Waals surface area (Å²) >= 11 is 0. The molecule has 0 unspecified atom stereocenters. The van der Waals surface area contributed by atoms with Crippen LogP contribution in [0.15, 0.2) is 54.6 Å². The predicted molar refractivity (Wildman–Crippen MR) is 86.5 cm³/mol. The molecular formula is C19H19NO2. The lowest BCUT2D eigenvalue weighted by molar-refractivity contribution is -0.122. The third-order valence-electron chi connectivity index (χ3n) is 4.16. The first kappa shape index (κ1) is 14.5. The molecule has 2 amide bonds. The molecule has 0 aliphatic carbocycles. The molecule has 22 heavy (non-hydrogen) atoms. The van der Waals surface area contributed by atoms with Gasteiger partial charge in [-0.1, -0.05) is 48.0 Å². The molecular weight excluding hydrogens is 274 g/mol. The molecule has 0 saturated carbocycles. The Labute approximate surface area is 130 Å². The molecule has 3 heteroatoms. The van der Waals surface area contributed by atoms with Gasteiger partial charge in [-0.2, -0.15) is 0 Å². The standard InChI is InChI=1S/C19H19NO2/c1-14-7-9-15(10-8-14)11-12-16-13-18(21)20(19(16)22)17-5-3-2-4-6-17/h2-10,16H,11-13H2,1H3/t16-/m1/s1. The third-order valence-corrected chi connectivity index (χ3v) is 4.16. The van der Waals surface area contributed by atoms with Crippen LogP contribution in [0.2, 0.25) is 0 Å². The Kier molecular flexibility index (Phi) is 4.05. The molecule has 1 heterocycles. The maximum absolute atomic E-state index is 12.5. The van der Waals surface area contributed by atoms with Crippen molar-refractivity contribution in [3.05, 3.63) is 65.7 Å². The largest absolute Gasteiger partial charge is 0.274 e. The van der Waals surface area contributed by atoms with Gasteiger partial charge in [-0.05, 0) is 37.5 Å². The van der Waals surface area contributed by atoms with Crippen LogP contribution in [0.3, 0.4) is 0 Å². The number of anilines is 1. The molecule has 1 aliphatic heterocycles. The van der Waals surface area contributed by atoms with E-state index in [4.69, 9.17) is 0 Å². The van der Waals surface area contributed by atoms with Gasteiger partial charge in [0, 0.05) is 12.3 Å². The van der Waals surface area contributed by atoms with Crippen molar-refractivity contribution in [3.8, 4) is 0 Å². The van der Waals surface area contributed by atoms with Crippen LogP contribution in [0, 0.1) is 12.8 Å². The first-order chi connectivity index (χ1) is 10.6. The smallest absolute Gasteiger partial charge is 0.237 e. The van der Waals surface area contributed by atoms with Crippen molar-refractivity contribution in [3.63, 3.8) is 0 Å². The second kappa shape index (κ2) is 6.14. The third kappa shape index (κ3) is 2.93. The fraction of sp³-hybridized carbons (Fsp3) is 0.263. The summed E-state index contributed by atoms with van der Waals surface area (Å²) in [6, 6.07) is 17.5. The number of hydrogen-bond acceptors (Lipinski definition) is 2. The quantitative estimate of drug-likeness (QED) is 0.809. The van der Waals surface area contributed by atoms with E-state index < -0.39 is 0 Å². The summed E-state index contributed by atoms with van der Waals surface area (Å²) in [6.07, 6.45) is 1.86. The van der Waals surface area contributed by atoms with Crippen molar-refractivity contribution in [1.29, 1.82) is 0 Å². The molecule has 3 rings (SSSR count). The molecule has 1 saturated heterocycles. The summed E-state index contributed by atoms with van der Waals surface area (Å²) in [5.41, 5.74) is 3.12. The van der Waals surface area contributed by atoms with Gasteiger partial charge in [0.15, 0.2) is 0 Å². The van der Waals surface area contributed by atoms with E-state index >= 15 is 0 Å². The lowest BCUT2D eigenvalue weighted by Gasteiger charge is -2.14. The minimum absolute atomic E-state index is 0.0664. The summed E-state index contributed by atoms with van der Waals surface area (Å²) in [6.45, 7) is 2.06. The van der Waals surface area contributed by atoms with Gasteiger partial charge in [-0.15, -0.1) is 0 Å². The number of nitrogens with zero attached hydrogens (tertiary/aromatic N) is 1. The van der Waals surface area contributed by atoms with Crippen LogP contribution in [0.4, 0.5) is 5.69 Å². The van der Waals surface area contributed by atoms with E-state index in [0.717, 1.165) is 12.8 Å². The van der Waals surface area contributed by atoms with E-state index in [1.54, 1.807) is 12.1 Å². The normalized spacial score (nSPS) is 18.0. The van der Waals surface area contributed by atoms with Crippen LogP contribution in [-0.4, -0.2) is 11.8 Å². The van der Waals surface area contributed by atoms with Gasteiger partial charge in [-0.25, -0.2) is 0 Å². The molecule has 0 aromatic heterocycles. The Morgan fingerprint density at radius 3 is 2.36 bits per heavy atom. The van der Waals surface area contributed by atoms with Crippen molar-refractivity contribution in [2.45, 2.75) is 26.2 Å². The summed E-state index contributed by atoms with van der Waals surface area (Å²) in [5, 5.41) is 0. The first-order valence-corrected chi connectivity index (χ1v) is 7.62. The van der Waals surface area contributed by atoms with Crippen LogP contribution in [0.25, 0.3) is 0 Å². The van der Waals surface area contributed by atoms with E-state index in [0.29, 0.717) is 12.1 Å². The molecule has 1 fully saturated rings. The number of carbonyl (C=O) groups is 2. The van der Waals surface area contributed by atoms with Crippen molar-refractivity contribution < 1.29 is 9.59 Å². The summed E-state index contributed by atoms with van der Waals surface area (Å²) in [4.78, 5) is 26.0. The molecule has 112 valence electrons. The van der Waals surface area contributed by atoms with E-state index in [2.05, 4.69) is 31.2 Å². The van der Waals surface area contributed by atoms with E-state index in [-0.39, 0.29) is 17.7 Å². The van der Waals surface area contributed by atoms with Gasteiger partial charge >= 0.3 is 0 Å². The number of aryl methyl sites for hydroxylation is 2. The van der Waals surface area contributed by atoms with Crippen LogP contribution in [0.5, 0.6) is 0 Å². The van der Waals surface area contributed by atoms with Crippen LogP contribution in [-0.2, 0) is 16.0 Å². The van der Waals surface area contributed by atoms with Crippen molar-refractivity contribution in [2.75, 3.05) is 4.90 Å². The highest BCUT2D eigenvalue weighted by Crippen LogP contribution is 2.29. The van der Waals surface area contributed by atoms with Crippen LogP contribution in [0.1, 0.15) is 24.0 Å². The number of imide groups is 1. The zero-order valence-corrected chi connectivity index (χ0v) is 12.7. The van der Waals surface area contributed by atoms with Crippen molar-refractivity contribution in [1.82, 2.24) is 0 Å². The molecule has 1 aliphatic rings. The van der Waals surface area contributed by atoms with Gasteiger partial charge in [0.2, 0.25) is 11.8 Å². The minimum atomic E-state index is -0.200. The average Bonchev–Trinajstić information content (AvgIpc) is 2.82. The Bertz CT molecular complexity index is 676. The van der Waals surface area contributed by atoms with Gasteiger partial charge in [0.05, 0.1) is 5.69 Å². The maximum atomic E-state index is 12.5. The van der Waals surface area contributed by atoms with Crippen LogP contribution >= 0.6 is 0 Å². The fourth-order valence-electron chi connectivity index (χ4n) is 2.86. The fourth-order valence-corrected chi connectivity index (χ4v) is 2.86. The predicted octanol–water partition coefficient (Wildman–Crippen LogP) is 3.51. The number of benzene rings is 2. The highest BCUT2D eigenvalue weighted by Gasteiger charge is 2.38. The van der Waals surface area contributed by atoms with Gasteiger partial charge in [0.25, 0.3) is 0 Å². The first-order valence-electron chi connectivity index (χ1n) is 7.62. The molecule has 0 radical (unpaired) electrons. The van der Waals surface area contributed by atoms with E-state index in [1.807, 2.05) is 18.2 Å². The topological polar surface area (TPSA) is 37.4 Å². The number of rotatable bonds is 4. The van der Waals surface area contributed by atoms with Crippen LogP contribution < -0.4 is 4.90 Å². The van der Waals surface area contributed by atoms with E-state index in [9.17, 15) is 9.59 Å².